The Bertz CT molecular complexity index is 1160. The molecule has 4 aromatic carbocycles. The van der Waals surface area contributed by atoms with Crippen molar-refractivity contribution in [2.75, 3.05) is 14.2 Å². The second-order valence-electron chi connectivity index (χ2n) is 7.87. The molecule has 0 N–H and O–H groups in total. The van der Waals surface area contributed by atoms with E-state index in [2.05, 4.69) is 97.1 Å². The third kappa shape index (κ3) is 4.81. The Kier molecular flexibility index (Phi) is 7.57. The standard InChI is InChI=1S/C30H28O3P/c1-32-29(22-30(31)33-2)28-21-13-12-14-24(28)23-34(25-15-6-3-7-16-25,26-17-8-4-9-18-26)27-19-10-5-11-20-27/h3-22H,23H2,1-2H3/q+1. The van der Waals surface area contributed by atoms with Crippen molar-refractivity contribution in [3.8, 4) is 0 Å². The van der Waals surface area contributed by atoms with Crippen molar-refractivity contribution in [3.05, 3.63) is 132 Å². The molecule has 0 atom stereocenters. The number of carbonyl (C=O) groups is 1. The van der Waals surface area contributed by atoms with Crippen molar-refractivity contribution in [2.45, 2.75) is 6.16 Å². The maximum Gasteiger partial charge on any atom is 0.334 e. The normalized spacial score (nSPS) is 11.6. The van der Waals surface area contributed by atoms with Gasteiger partial charge in [0.1, 0.15) is 28.9 Å². The maximum atomic E-state index is 12.0. The topological polar surface area (TPSA) is 35.5 Å². The summed E-state index contributed by atoms with van der Waals surface area (Å²) in [4.78, 5) is 12.0. The van der Waals surface area contributed by atoms with Crippen LogP contribution in [-0.4, -0.2) is 20.2 Å². The maximum absolute atomic E-state index is 12.0. The number of methoxy groups -OCH3 is 2. The van der Waals surface area contributed by atoms with Crippen molar-refractivity contribution >= 4 is 34.9 Å². The van der Waals surface area contributed by atoms with Gasteiger partial charge in [0.15, 0.2) is 0 Å². The van der Waals surface area contributed by atoms with E-state index in [1.807, 2.05) is 18.2 Å². The molecule has 0 bridgehead atoms. The van der Waals surface area contributed by atoms with E-state index < -0.39 is 13.2 Å². The minimum absolute atomic E-state index is 0.443. The minimum atomic E-state index is -2.09. The molecule has 4 rings (SSSR count). The summed E-state index contributed by atoms with van der Waals surface area (Å²) in [6, 6.07) is 40.4. The Morgan fingerprint density at radius 1 is 0.647 bits per heavy atom. The average Bonchev–Trinajstić information content (AvgIpc) is 2.92. The molecule has 0 unspecified atom stereocenters. The van der Waals surface area contributed by atoms with Crippen LogP contribution in [0.15, 0.2) is 121 Å². The Labute approximate surface area is 202 Å². The molecular formula is C30H28O3P+. The third-order valence-corrected chi connectivity index (χ3v) is 10.3. The highest BCUT2D eigenvalue weighted by Crippen LogP contribution is 2.58. The van der Waals surface area contributed by atoms with Gasteiger partial charge < -0.3 is 9.47 Å². The van der Waals surface area contributed by atoms with Crippen LogP contribution >= 0.6 is 7.26 Å². The van der Waals surface area contributed by atoms with Gasteiger partial charge >= 0.3 is 5.97 Å². The number of rotatable bonds is 8. The number of ether oxygens (including phenoxy) is 2. The Balaban J connectivity index is 1.98. The van der Waals surface area contributed by atoms with E-state index in [0.717, 1.165) is 17.3 Å². The predicted octanol–water partition coefficient (Wildman–Crippen LogP) is 5.34. The van der Waals surface area contributed by atoms with E-state index in [0.29, 0.717) is 5.76 Å². The van der Waals surface area contributed by atoms with E-state index in [4.69, 9.17) is 9.47 Å². The van der Waals surface area contributed by atoms with Crippen molar-refractivity contribution in [1.29, 1.82) is 0 Å². The predicted molar refractivity (Wildman–Crippen MR) is 142 cm³/mol. The van der Waals surface area contributed by atoms with Crippen LogP contribution in [0.5, 0.6) is 0 Å². The summed E-state index contributed by atoms with van der Waals surface area (Å²) in [6.45, 7) is 0. The second kappa shape index (κ2) is 11.0. The van der Waals surface area contributed by atoms with Gasteiger partial charge in [0.2, 0.25) is 0 Å². The molecular weight excluding hydrogens is 439 g/mol. The number of hydrogen-bond donors (Lipinski definition) is 0. The zero-order valence-corrected chi connectivity index (χ0v) is 20.3. The fraction of sp³-hybridized carbons (Fsp3) is 0.100. The molecule has 0 spiro atoms. The molecule has 0 aliphatic rings. The summed E-state index contributed by atoms with van der Waals surface area (Å²) in [7, 11) is 0.860. The zero-order valence-electron chi connectivity index (χ0n) is 19.4. The van der Waals surface area contributed by atoms with Gasteiger partial charge in [-0.2, -0.15) is 0 Å². The quantitative estimate of drug-likeness (QED) is 0.152. The molecule has 3 nitrogen and oxygen atoms in total. The number of esters is 1. The van der Waals surface area contributed by atoms with E-state index in [-0.39, 0.29) is 0 Å². The molecule has 0 aliphatic carbocycles. The van der Waals surface area contributed by atoms with Crippen molar-refractivity contribution in [1.82, 2.24) is 0 Å². The van der Waals surface area contributed by atoms with Crippen molar-refractivity contribution < 1.29 is 14.3 Å². The van der Waals surface area contributed by atoms with Gasteiger partial charge in [-0.15, -0.1) is 0 Å². The van der Waals surface area contributed by atoms with E-state index >= 15 is 0 Å². The lowest BCUT2D eigenvalue weighted by atomic mass is 10.1. The van der Waals surface area contributed by atoms with Gasteiger partial charge in [0.25, 0.3) is 0 Å². The molecule has 0 heterocycles. The molecule has 0 amide bonds. The zero-order chi connectivity index (χ0) is 23.8. The molecule has 0 fully saturated rings. The molecule has 0 saturated carbocycles. The second-order valence-corrected chi connectivity index (χ2v) is 11.4. The van der Waals surface area contributed by atoms with Gasteiger partial charge in [0.05, 0.1) is 26.5 Å². The first kappa shape index (κ1) is 23.5. The number of benzene rings is 4. The fourth-order valence-electron chi connectivity index (χ4n) is 4.34. The minimum Gasteiger partial charge on any atom is -0.496 e. The van der Waals surface area contributed by atoms with Crippen molar-refractivity contribution in [3.63, 3.8) is 0 Å². The lowest BCUT2D eigenvalue weighted by molar-refractivity contribution is -0.134. The van der Waals surface area contributed by atoms with Gasteiger partial charge in [-0.25, -0.2) is 4.79 Å². The molecule has 34 heavy (non-hydrogen) atoms. The van der Waals surface area contributed by atoms with Gasteiger partial charge in [0, 0.05) is 11.1 Å². The number of carbonyl (C=O) groups excluding carboxylic acids is 1. The summed E-state index contributed by atoms with van der Waals surface area (Å²) in [5.74, 6) is 0.0524. The summed E-state index contributed by atoms with van der Waals surface area (Å²) < 4.78 is 10.5. The Morgan fingerprint density at radius 3 is 1.53 bits per heavy atom. The van der Waals surface area contributed by atoms with Crippen molar-refractivity contribution in [2.24, 2.45) is 0 Å². The fourth-order valence-corrected chi connectivity index (χ4v) is 8.61. The van der Waals surface area contributed by atoms with Gasteiger partial charge in [-0.05, 0) is 36.4 Å². The summed E-state index contributed by atoms with van der Waals surface area (Å²) in [6.07, 6.45) is 2.19. The summed E-state index contributed by atoms with van der Waals surface area (Å²) in [5, 5.41) is 3.91. The third-order valence-electron chi connectivity index (χ3n) is 5.95. The molecule has 4 aromatic rings. The van der Waals surface area contributed by atoms with E-state index in [1.54, 1.807) is 7.11 Å². The largest absolute Gasteiger partial charge is 0.496 e. The summed E-state index contributed by atoms with van der Waals surface area (Å²) in [5.41, 5.74) is 2.01. The van der Waals surface area contributed by atoms with Crippen LogP contribution in [0.3, 0.4) is 0 Å². The van der Waals surface area contributed by atoms with Crippen LogP contribution in [-0.2, 0) is 20.4 Å². The Hall–Kier alpha value is -3.68. The average molecular weight is 468 g/mol. The monoisotopic (exact) mass is 467 g/mol. The molecule has 0 aromatic heterocycles. The lowest BCUT2D eigenvalue weighted by Crippen LogP contribution is -2.32. The highest BCUT2D eigenvalue weighted by molar-refractivity contribution is 7.95. The molecule has 4 heteroatoms. The molecule has 0 saturated heterocycles. The first-order chi connectivity index (χ1) is 16.7. The van der Waals surface area contributed by atoms with Crippen LogP contribution < -0.4 is 15.9 Å². The van der Waals surface area contributed by atoms with Crippen LogP contribution in [0.1, 0.15) is 11.1 Å². The Morgan fingerprint density at radius 2 is 1.09 bits per heavy atom. The van der Waals surface area contributed by atoms with E-state index in [1.165, 1.54) is 29.1 Å². The first-order valence-electron chi connectivity index (χ1n) is 11.2. The highest BCUT2D eigenvalue weighted by atomic mass is 31.2. The summed E-state index contributed by atoms with van der Waals surface area (Å²) >= 11 is 0. The molecule has 0 aliphatic heterocycles. The molecule has 170 valence electrons. The highest BCUT2D eigenvalue weighted by Gasteiger charge is 2.45. The first-order valence-corrected chi connectivity index (χ1v) is 13.1. The van der Waals surface area contributed by atoms with Crippen LogP contribution in [0.4, 0.5) is 0 Å². The molecule has 0 radical (unpaired) electrons. The van der Waals surface area contributed by atoms with Gasteiger partial charge in [-0.3, -0.25) is 0 Å². The lowest BCUT2D eigenvalue weighted by Gasteiger charge is -2.28. The SMILES string of the molecule is COC(=O)C=C(OC)c1ccccc1C[P+](c1ccccc1)(c1ccccc1)c1ccccc1. The smallest absolute Gasteiger partial charge is 0.334 e. The van der Waals surface area contributed by atoms with E-state index in [9.17, 15) is 4.79 Å². The van der Waals surface area contributed by atoms with Crippen LogP contribution in [0, 0.1) is 0 Å². The van der Waals surface area contributed by atoms with Crippen LogP contribution in [0.2, 0.25) is 0 Å². The van der Waals surface area contributed by atoms with Crippen LogP contribution in [0.25, 0.3) is 5.76 Å². The number of hydrogen-bond acceptors (Lipinski definition) is 3. The van der Waals surface area contributed by atoms with Gasteiger partial charge in [-0.1, -0.05) is 78.9 Å².